The molecule has 1 N–H and O–H groups in total. The van der Waals surface area contributed by atoms with E-state index in [2.05, 4.69) is 5.32 Å². The molecule has 2 amide bonds. The van der Waals surface area contributed by atoms with Crippen LogP contribution in [-0.2, 0) is 9.59 Å². The number of likely N-dealkylation sites (N-methyl/N-ethyl adjacent to an activating group) is 1. The first kappa shape index (κ1) is 13.3. The van der Waals surface area contributed by atoms with Crippen molar-refractivity contribution >= 4 is 11.8 Å². The van der Waals surface area contributed by atoms with Crippen LogP contribution in [0.15, 0.2) is 0 Å². The highest BCUT2D eigenvalue weighted by molar-refractivity contribution is 5.87. The van der Waals surface area contributed by atoms with E-state index in [1.807, 2.05) is 0 Å². The Morgan fingerprint density at radius 3 is 2.89 bits per heavy atom. The van der Waals surface area contributed by atoms with E-state index >= 15 is 0 Å². The zero-order valence-corrected chi connectivity index (χ0v) is 11.2. The average Bonchev–Trinajstić information content (AvgIpc) is 2.71. The fraction of sp³-hybridized carbons (Fsp3) is 0.846. The van der Waals surface area contributed by atoms with Crippen LogP contribution in [-0.4, -0.2) is 60.9 Å². The lowest BCUT2D eigenvalue weighted by molar-refractivity contribution is -0.139. The van der Waals surface area contributed by atoms with Crippen molar-refractivity contribution in [1.82, 2.24) is 15.1 Å². The lowest BCUT2D eigenvalue weighted by Gasteiger charge is -2.25. The summed E-state index contributed by atoms with van der Waals surface area (Å²) in [5.74, 6) is 0.162. The third-order valence-electron chi connectivity index (χ3n) is 3.84. The summed E-state index contributed by atoms with van der Waals surface area (Å²) < 4.78 is 0. The van der Waals surface area contributed by atoms with Crippen LogP contribution in [0.2, 0.25) is 0 Å². The highest BCUT2D eigenvalue weighted by Crippen LogP contribution is 2.12. The molecule has 2 aliphatic heterocycles. The second-order valence-electron chi connectivity index (χ2n) is 5.28. The van der Waals surface area contributed by atoms with Crippen molar-refractivity contribution in [2.24, 2.45) is 0 Å². The highest BCUT2D eigenvalue weighted by Gasteiger charge is 2.28. The molecule has 2 fully saturated rings. The van der Waals surface area contributed by atoms with Crippen LogP contribution in [0.25, 0.3) is 0 Å². The van der Waals surface area contributed by atoms with E-state index in [4.69, 9.17) is 0 Å². The third kappa shape index (κ3) is 3.22. The van der Waals surface area contributed by atoms with Crippen LogP contribution in [0.5, 0.6) is 0 Å². The van der Waals surface area contributed by atoms with E-state index in [9.17, 15) is 9.59 Å². The molecule has 5 heteroatoms. The summed E-state index contributed by atoms with van der Waals surface area (Å²) in [6.07, 6.45) is 5.22. The monoisotopic (exact) mass is 253 g/mol. The van der Waals surface area contributed by atoms with Crippen molar-refractivity contribution in [3.8, 4) is 0 Å². The molecule has 0 radical (unpaired) electrons. The summed E-state index contributed by atoms with van der Waals surface area (Å²) in [5, 5.41) is 3.31. The van der Waals surface area contributed by atoms with Gasteiger partial charge in [-0.05, 0) is 25.8 Å². The van der Waals surface area contributed by atoms with Crippen molar-refractivity contribution < 1.29 is 9.59 Å². The second kappa shape index (κ2) is 6.18. The van der Waals surface area contributed by atoms with Gasteiger partial charge in [0, 0.05) is 20.1 Å². The van der Waals surface area contributed by atoms with Gasteiger partial charge in [0.25, 0.3) is 0 Å². The molecule has 0 aliphatic carbocycles. The average molecular weight is 253 g/mol. The van der Waals surface area contributed by atoms with Gasteiger partial charge < -0.3 is 15.1 Å². The number of nitrogens with zero attached hydrogens (tertiary/aromatic N) is 2. The molecule has 0 aromatic carbocycles. The van der Waals surface area contributed by atoms with Crippen LogP contribution in [0.3, 0.4) is 0 Å². The zero-order valence-electron chi connectivity index (χ0n) is 11.2. The van der Waals surface area contributed by atoms with E-state index in [1.165, 1.54) is 6.42 Å². The Hall–Kier alpha value is -1.10. The van der Waals surface area contributed by atoms with Crippen LogP contribution in [0, 0.1) is 0 Å². The van der Waals surface area contributed by atoms with Gasteiger partial charge in [0.1, 0.15) is 0 Å². The standard InChI is InChI=1S/C13H23N3O2/c1-15-8-5-9-16(10-12(15)17)13(18)11-6-3-2-4-7-14-11/h11,14H,2-10H2,1H3. The van der Waals surface area contributed by atoms with Crippen LogP contribution in [0.1, 0.15) is 32.1 Å². The van der Waals surface area contributed by atoms with Gasteiger partial charge in [0.15, 0.2) is 0 Å². The summed E-state index contributed by atoms with van der Waals surface area (Å²) in [6.45, 7) is 2.61. The molecular formula is C13H23N3O2. The Bertz CT molecular complexity index is 311. The first-order valence-electron chi connectivity index (χ1n) is 6.94. The molecule has 2 heterocycles. The van der Waals surface area contributed by atoms with Gasteiger partial charge in [-0.3, -0.25) is 9.59 Å². The topological polar surface area (TPSA) is 52.6 Å². The first-order chi connectivity index (χ1) is 8.68. The van der Waals surface area contributed by atoms with Crippen molar-refractivity contribution in [3.63, 3.8) is 0 Å². The molecule has 0 spiro atoms. The van der Waals surface area contributed by atoms with Gasteiger partial charge in [-0.15, -0.1) is 0 Å². The summed E-state index contributed by atoms with van der Waals surface area (Å²) in [4.78, 5) is 27.6. The fourth-order valence-electron chi connectivity index (χ4n) is 2.63. The van der Waals surface area contributed by atoms with Gasteiger partial charge in [0.2, 0.25) is 11.8 Å². The largest absolute Gasteiger partial charge is 0.344 e. The highest BCUT2D eigenvalue weighted by atomic mass is 16.2. The van der Waals surface area contributed by atoms with Crippen LogP contribution >= 0.6 is 0 Å². The molecule has 0 aromatic heterocycles. The van der Waals surface area contributed by atoms with E-state index in [0.29, 0.717) is 6.54 Å². The predicted molar refractivity (Wildman–Crippen MR) is 69.1 cm³/mol. The Labute approximate surface area is 108 Å². The van der Waals surface area contributed by atoms with E-state index in [1.54, 1.807) is 16.8 Å². The maximum atomic E-state index is 12.4. The number of hydrogen-bond acceptors (Lipinski definition) is 3. The minimum atomic E-state index is -0.0799. The molecule has 0 aromatic rings. The quantitative estimate of drug-likeness (QED) is 0.727. The van der Waals surface area contributed by atoms with Gasteiger partial charge in [-0.2, -0.15) is 0 Å². The number of nitrogens with one attached hydrogen (secondary N) is 1. The van der Waals surface area contributed by atoms with Gasteiger partial charge in [-0.1, -0.05) is 12.8 Å². The normalized spacial score (nSPS) is 26.7. The number of rotatable bonds is 1. The molecule has 18 heavy (non-hydrogen) atoms. The third-order valence-corrected chi connectivity index (χ3v) is 3.84. The first-order valence-corrected chi connectivity index (χ1v) is 6.94. The smallest absolute Gasteiger partial charge is 0.241 e. The molecule has 1 unspecified atom stereocenters. The van der Waals surface area contributed by atoms with E-state index < -0.39 is 0 Å². The molecule has 5 nitrogen and oxygen atoms in total. The summed E-state index contributed by atoms with van der Waals surface area (Å²) >= 11 is 0. The Morgan fingerprint density at radius 1 is 1.22 bits per heavy atom. The van der Waals surface area contributed by atoms with E-state index in [0.717, 1.165) is 38.8 Å². The molecule has 2 aliphatic rings. The second-order valence-corrected chi connectivity index (χ2v) is 5.28. The Morgan fingerprint density at radius 2 is 2.06 bits per heavy atom. The number of carbonyl (C=O) groups is 2. The van der Waals surface area contributed by atoms with Crippen molar-refractivity contribution in [2.75, 3.05) is 33.2 Å². The van der Waals surface area contributed by atoms with Crippen molar-refractivity contribution in [2.45, 2.75) is 38.1 Å². The number of amides is 2. The number of carbonyl (C=O) groups excluding carboxylic acids is 2. The van der Waals surface area contributed by atoms with Crippen molar-refractivity contribution in [3.05, 3.63) is 0 Å². The lowest BCUT2D eigenvalue weighted by Crippen LogP contribution is -2.48. The maximum absolute atomic E-state index is 12.4. The van der Waals surface area contributed by atoms with Crippen molar-refractivity contribution in [1.29, 1.82) is 0 Å². The molecule has 0 saturated carbocycles. The molecular weight excluding hydrogens is 230 g/mol. The summed E-state index contributed by atoms with van der Waals surface area (Å²) in [7, 11) is 1.81. The van der Waals surface area contributed by atoms with Crippen LogP contribution in [0.4, 0.5) is 0 Å². The number of hydrogen-bond donors (Lipinski definition) is 1. The Kier molecular flexibility index (Phi) is 4.58. The van der Waals surface area contributed by atoms with Gasteiger partial charge in [-0.25, -0.2) is 0 Å². The maximum Gasteiger partial charge on any atom is 0.241 e. The summed E-state index contributed by atoms with van der Waals surface area (Å²) in [5.41, 5.74) is 0. The molecule has 1 atom stereocenters. The lowest BCUT2D eigenvalue weighted by atomic mass is 10.1. The van der Waals surface area contributed by atoms with Gasteiger partial charge in [0.05, 0.1) is 12.6 Å². The Balaban J connectivity index is 1.96. The van der Waals surface area contributed by atoms with E-state index in [-0.39, 0.29) is 24.4 Å². The minimum Gasteiger partial charge on any atom is -0.344 e. The van der Waals surface area contributed by atoms with Gasteiger partial charge >= 0.3 is 0 Å². The molecule has 102 valence electrons. The zero-order chi connectivity index (χ0) is 13.0. The molecule has 2 saturated heterocycles. The SMILES string of the molecule is CN1CCCN(C(=O)C2CCCCCN2)CC1=O. The minimum absolute atomic E-state index is 0.0504. The fourth-order valence-corrected chi connectivity index (χ4v) is 2.63. The summed E-state index contributed by atoms with van der Waals surface area (Å²) in [6, 6.07) is -0.0799. The van der Waals surface area contributed by atoms with Crippen LogP contribution < -0.4 is 5.32 Å². The molecule has 2 rings (SSSR count). The molecule has 0 bridgehead atoms. The predicted octanol–water partition coefficient (Wildman–Crippen LogP) is 0.209.